The molecule has 0 radical (unpaired) electrons. The van der Waals surface area contributed by atoms with E-state index in [1.807, 2.05) is 0 Å². The maximum atomic E-state index is 11.9. The number of rotatable bonds is 14. The van der Waals surface area contributed by atoms with E-state index in [2.05, 4.69) is 16.0 Å². The Morgan fingerprint density at radius 3 is 1.71 bits per heavy atom. The third kappa shape index (κ3) is 14.9. The third-order valence-electron chi connectivity index (χ3n) is 3.72. The first-order valence-electron chi connectivity index (χ1n) is 8.88. The predicted octanol–water partition coefficient (Wildman–Crippen LogP) is 2.08. The molecule has 10 heteroatoms. The average Bonchev–Trinajstić information content (AvgIpc) is 2.62. The van der Waals surface area contributed by atoms with Crippen LogP contribution >= 0.6 is 37.2 Å². The van der Waals surface area contributed by atoms with Gasteiger partial charge in [-0.2, -0.15) is 0 Å². The predicted molar refractivity (Wildman–Crippen MR) is 121 cm³/mol. The monoisotopic (exact) mass is 458 g/mol. The number of nitrogens with one attached hydrogen (secondary N) is 3. The van der Waals surface area contributed by atoms with Crippen LogP contribution in [0.1, 0.15) is 46.4 Å². The quantitative estimate of drug-likeness (QED) is 0.272. The van der Waals surface area contributed by atoms with Crippen LogP contribution in [0.25, 0.3) is 0 Å². The third-order valence-corrected chi connectivity index (χ3v) is 3.72. The summed E-state index contributed by atoms with van der Waals surface area (Å²) in [5.41, 5.74) is 6.07. The number of unbranched alkanes of at least 4 members (excludes halogenated alkanes) is 1. The van der Waals surface area contributed by atoms with E-state index in [0.29, 0.717) is 12.1 Å². The topological polar surface area (TPSA) is 116 Å². The number of halogens is 3. The molecule has 0 aliphatic carbocycles. The highest BCUT2D eigenvalue weighted by atomic mass is 35.5. The molecule has 0 heterocycles. The standard InChI is InChI=1S/C18H30N4O3.3ClH/c19-9-3-12-20-10-1-2-11-21-13-4-14-22-17(23)15-5-7-16(8-6-15)18(24)25;;;/h5-8,20-21H,1-4,9-14,19H2,(H,22,23)(H,24,25);3*1H. The zero-order valence-electron chi connectivity index (χ0n) is 15.9. The van der Waals surface area contributed by atoms with Crippen LogP contribution in [-0.2, 0) is 0 Å². The number of carbonyl (C=O) groups is 2. The molecule has 0 fully saturated rings. The summed E-state index contributed by atoms with van der Waals surface area (Å²) in [7, 11) is 0. The van der Waals surface area contributed by atoms with Crippen molar-refractivity contribution < 1.29 is 14.7 Å². The lowest BCUT2D eigenvalue weighted by Crippen LogP contribution is -2.28. The van der Waals surface area contributed by atoms with Crippen molar-refractivity contribution in [3.8, 4) is 0 Å². The first-order chi connectivity index (χ1) is 12.1. The van der Waals surface area contributed by atoms with Crippen LogP contribution in [0.5, 0.6) is 0 Å². The van der Waals surface area contributed by atoms with E-state index in [1.165, 1.54) is 24.3 Å². The highest BCUT2D eigenvalue weighted by Gasteiger charge is 2.07. The molecule has 1 aromatic carbocycles. The largest absolute Gasteiger partial charge is 0.478 e. The van der Waals surface area contributed by atoms with Crippen molar-refractivity contribution >= 4 is 49.1 Å². The Labute approximate surface area is 185 Å². The van der Waals surface area contributed by atoms with Gasteiger partial charge in [0.1, 0.15) is 0 Å². The number of amides is 1. The van der Waals surface area contributed by atoms with Crippen LogP contribution in [0, 0.1) is 0 Å². The second-order valence-electron chi connectivity index (χ2n) is 5.84. The number of hydrogen-bond donors (Lipinski definition) is 5. The fourth-order valence-corrected chi connectivity index (χ4v) is 2.26. The molecule has 7 nitrogen and oxygen atoms in total. The summed E-state index contributed by atoms with van der Waals surface area (Å²) in [6.45, 7) is 5.18. The van der Waals surface area contributed by atoms with Crippen molar-refractivity contribution in [2.24, 2.45) is 5.73 Å². The second-order valence-corrected chi connectivity index (χ2v) is 5.84. The molecule has 28 heavy (non-hydrogen) atoms. The first-order valence-corrected chi connectivity index (χ1v) is 8.88. The summed E-state index contributed by atoms with van der Waals surface area (Å²) < 4.78 is 0. The molecule has 0 aliphatic rings. The molecule has 0 saturated heterocycles. The number of carbonyl (C=O) groups excluding carboxylic acids is 1. The van der Waals surface area contributed by atoms with Crippen LogP contribution in [0.3, 0.4) is 0 Å². The van der Waals surface area contributed by atoms with Crippen LogP contribution in [-0.4, -0.2) is 56.3 Å². The van der Waals surface area contributed by atoms with E-state index in [4.69, 9.17) is 10.8 Å². The van der Waals surface area contributed by atoms with Gasteiger partial charge < -0.3 is 26.8 Å². The van der Waals surface area contributed by atoms with Gasteiger partial charge in [-0.25, -0.2) is 4.79 Å². The van der Waals surface area contributed by atoms with Crippen LogP contribution in [0.2, 0.25) is 0 Å². The Morgan fingerprint density at radius 2 is 1.21 bits per heavy atom. The molecule has 0 saturated carbocycles. The van der Waals surface area contributed by atoms with Gasteiger partial charge in [-0.05, 0) is 82.7 Å². The zero-order valence-corrected chi connectivity index (χ0v) is 18.4. The van der Waals surface area contributed by atoms with Gasteiger partial charge in [0.2, 0.25) is 0 Å². The SMILES string of the molecule is Cl.Cl.Cl.NCCCNCCCCNCCCNC(=O)c1ccc(C(=O)O)cc1. The van der Waals surface area contributed by atoms with Crippen LogP contribution in [0.4, 0.5) is 0 Å². The molecule has 6 N–H and O–H groups in total. The second kappa shape index (κ2) is 20.6. The summed E-state index contributed by atoms with van der Waals surface area (Å²) in [5, 5.41) is 18.4. The van der Waals surface area contributed by atoms with E-state index in [0.717, 1.165) is 58.4 Å². The highest BCUT2D eigenvalue weighted by Crippen LogP contribution is 2.04. The summed E-state index contributed by atoms with van der Waals surface area (Å²) in [5.74, 6) is -1.18. The molecule has 0 spiro atoms. The molecule has 0 aliphatic heterocycles. The van der Waals surface area contributed by atoms with Gasteiger partial charge in [0, 0.05) is 12.1 Å². The summed E-state index contributed by atoms with van der Waals surface area (Å²) in [6.07, 6.45) is 4.14. The minimum atomic E-state index is -0.996. The van der Waals surface area contributed by atoms with Crippen molar-refractivity contribution in [2.75, 3.05) is 39.3 Å². The maximum Gasteiger partial charge on any atom is 0.335 e. The van der Waals surface area contributed by atoms with E-state index in [-0.39, 0.29) is 48.7 Å². The minimum absolute atomic E-state index is 0. The molecule has 1 rings (SSSR count). The van der Waals surface area contributed by atoms with Crippen molar-refractivity contribution in [3.63, 3.8) is 0 Å². The van der Waals surface area contributed by atoms with Gasteiger partial charge in [0.05, 0.1) is 5.56 Å². The molecule has 0 atom stereocenters. The van der Waals surface area contributed by atoms with Gasteiger partial charge in [-0.15, -0.1) is 37.2 Å². The Kier molecular flexibility index (Phi) is 23.3. The van der Waals surface area contributed by atoms with Gasteiger partial charge >= 0.3 is 5.97 Å². The number of benzene rings is 1. The number of aromatic carboxylic acids is 1. The average molecular weight is 460 g/mol. The Balaban J connectivity index is -0.00000208. The van der Waals surface area contributed by atoms with Crippen LogP contribution < -0.4 is 21.7 Å². The lowest BCUT2D eigenvalue weighted by molar-refractivity contribution is 0.0696. The van der Waals surface area contributed by atoms with Crippen molar-refractivity contribution in [2.45, 2.75) is 25.7 Å². The van der Waals surface area contributed by atoms with Gasteiger partial charge in [-0.1, -0.05) is 0 Å². The van der Waals surface area contributed by atoms with Gasteiger partial charge in [-0.3, -0.25) is 4.79 Å². The number of carboxylic acids is 1. The van der Waals surface area contributed by atoms with Crippen molar-refractivity contribution in [1.82, 2.24) is 16.0 Å². The van der Waals surface area contributed by atoms with E-state index < -0.39 is 5.97 Å². The molecule has 0 unspecified atom stereocenters. The summed E-state index contributed by atoms with van der Waals surface area (Å²) in [6, 6.07) is 5.92. The minimum Gasteiger partial charge on any atom is -0.478 e. The lowest BCUT2D eigenvalue weighted by Gasteiger charge is -2.07. The molecule has 0 bridgehead atoms. The van der Waals surface area contributed by atoms with E-state index >= 15 is 0 Å². The molecular formula is C18H33Cl3N4O3. The lowest BCUT2D eigenvalue weighted by atomic mass is 10.1. The molecule has 164 valence electrons. The van der Waals surface area contributed by atoms with Crippen LogP contribution in [0.15, 0.2) is 24.3 Å². The van der Waals surface area contributed by atoms with E-state index in [1.54, 1.807) is 0 Å². The van der Waals surface area contributed by atoms with Crippen molar-refractivity contribution in [1.29, 1.82) is 0 Å². The number of nitrogens with two attached hydrogens (primary N) is 1. The summed E-state index contributed by atoms with van der Waals surface area (Å²) >= 11 is 0. The fraction of sp³-hybridized carbons (Fsp3) is 0.556. The number of hydrogen-bond acceptors (Lipinski definition) is 5. The normalized spacial score (nSPS) is 9.46. The smallest absolute Gasteiger partial charge is 0.335 e. The van der Waals surface area contributed by atoms with E-state index in [9.17, 15) is 9.59 Å². The zero-order chi connectivity index (χ0) is 18.3. The Hall–Kier alpha value is -1.09. The molecular weight excluding hydrogens is 427 g/mol. The highest BCUT2D eigenvalue weighted by molar-refractivity contribution is 5.95. The molecule has 1 aromatic rings. The fourth-order valence-electron chi connectivity index (χ4n) is 2.26. The Morgan fingerprint density at radius 1 is 0.750 bits per heavy atom. The summed E-state index contributed by atoms with van der Waals surface area (Å²) in [4.78, 5) is 22.7. The van der Waals surface area contributed by atoms with Crippen molar-refractivity contribution in [3.05, 3.63) is 35.4 Å². The number of carboxylic acid groups (broad SMARTS) is 1. The van der Waals surface area contributed by atoms with Gasteiger partial charge in [0.25, 0.3) is 5.91 Å². The molecule has 1 amide bonds. The molecule has 0 aromatic heterocycles. The maximum absolute atomic E-state index is 11.9. The van der Waals surface area contributed by atoms with Gasteiger partial charge in [0.15, 0.2) is 0 Å². The Bertz CT molecular complexity index is 519. The first kappa shape index (κ1) is 31.6.